The van der Waals surface area contributed by atoms with Gasteiger partial charge in [-0.3, -0.25) is 0 Å². The van der Waals surface area contributed by atoms with Gasteiger partial charge in [0.05, 0.1) is 7.11 Å². The summed E-state index contributed by atoms with van der Waals surface area (Å²) in [5.74, 6) is 0.881. The molecule has 0 radical (unpaired) electrons. The second-order valence-electron chi connectivity index (χ2n) is 3.93. The van der Waals surface area contributed by atoms with E-state index in [1.807, 2.05) is 24.3 Å². The molecule has 0 saturated carbocycles. The van der Waals surface area contributed by atoms with E-state index in [9.17, 15) is 0 Å². The summed E-state index contributed by atoms with van der Waals surface area (Å²) in [5.41, 5.74) is 2.48. The van der Waals surface area contributed by atoms with Crippen LogP contribution in [0.4, 0.5) is 5.69 Å². The third-order valence-electron chi connectivity index (χ3n) is 2.71. The lowest BCUT2D eigenvalue weighted by Crippen LogP contribution is -1.88. The van der Waals surface area contributed by atoms with E-state index in [2.05, 4.69) is 35.9 Å². The lowest BCUT2D eigenvalue weighted by molar-refractivity contribution is 0.414. The number of ether oxygens (including phenoxy) is 1. The van der Waals surface area contributed by atoms with E-state index >= 15 is 0 Å². The first kappa shape index (κ1) is 12.8. The highest BCUT2D eigenvalue weighted by atomic mass is 32.2. The third kappa shape index (κ3) is 3.44. The molecule has 0 aromatic heterocycles. The Hall–Kier alpha value is -1.61. The van der Waals surface area contributed by atoms with Crippen LogP contribution in [0, 0.1) is 0 Å². The van der Waals surface area contributed by atoms with Gasteiger partial charge in [-0.1, -0.05) is 19.1 Å². The monoisotopic (exact) mass is 259 g/mol. The molecule has 18 heavy (non-hydrogen) atoms. The minimum Gasteiger partial charge on any atom is -0.497 e. The molecule has 0 unspecified atom stereocenters. The van der Waals surface area contributed by atoms with Crippen LogP contribution in [0.1, 0.15) is 12.5 Å². The van der Waals surface area contributed by atoms with Crippen molar-refractivity contribution in [1.29, 1.82) is 0 Å². The fourth-order valence-corrected chi connectivity index (χ4v) is 2.21. The van der Waals surface area contributed by atoms with Crippen LogP contribution in [0.15, 0.2) is 53.4 Å². The average molecular weight is 259 g/mol. The zero-order valence-corrected chi connectivity index (χ0v) is 11.5. The van der Waals surface area contributed by atoms with Crippen molar-refractivity contribution in [2.24, 2.45) is 0 Å². The Kier molecular flexibility index (Phi) is 4.53. The molecule has 2 aromatic carbocycles. The van der Waals surface area contributed by atoms with Gasteiger partial charge in [0, 0.05) is 10.6 Å². The van der Waals surface area contributed by atoms with Crippen LogP contribution in [-0.2, 0) is 6.42 Å². The van der Waals surface area contributed by atoms with Gasteiger partial charge in [0.25, 0.3) is 0 Å². The van der Waals surface area contributed by atoms with Crippen molar-refractivity contribution in [2.45, 2.75) is 18.2 Å². The van der Waals surface area contributed by atoms with Crippen LogP contribution in [0.5, 0.6) is 5.75 Å². The summed E-state index contributed by atoms with van der Waals surface area (Å²) in [6.07, 6.45) is 1.08. The number of rotatable bonds is 5. The van der Waals surface area contributed by atoms with Crippen molar-refractivity contribution in [2.75, 3.05) is 11.8 Å². The van der Waals surface area contributed by atoms with Crippen LogP contribution >= 0.6 is 11.9 Å². The Morgan fingerprint density at radius 3 is 2.22 bits per heavy atom. The SMILES string of the molecule is CCc1ccc(NSc2ccc(OC)cc2)cc1. The minimum absolute atomic E-state index is 0.881. The molecule has 2 aromatic rings. The molecule has 3 heteroatoms. The smallest absolute Gasteiger partial charge is 0.118 e. The molecule has 0 bridgehead atoms. The zero-order valence-electron chi connectivity index (χ0n) is 10.6. The highest BCUT2D eigenvalue weighted by Crippen LogP contribution is 2.23. The molecule has 0 aliphatic carbocycles. The van der Waals surface area contributed by atoms with Gasteiger partial charge < -0.3 is 9.46 Å². The van der Waals surface area contributed by atoms with E-state index in [0.29, 0.717) is 0 Å². The molecule has 0 amide bonds. The van der Waals surface area contributed by atoms with Gasteiger partial charge in [-0.25, -0.2) is 0 Å². The Balaban J connectivity index is 1.93. The molecule has 0 spiro atoms. The van der Waals surface area contributed by atoms with Gasteiger partial charge >= 0.3 is 0 Å². The largest absolute Gasteiger partial charge is 0.497 e. The molecular formula is C15H17NOS. The first-order chi connectivity index (χ1) is 8.81. The van der Waals surface area contributed by atoms with E-state index in [4.69, 9.17) is 4.74 Å². The standard InChI is InChI=1S/C15H17NOS/c1-3-12-4-6-13(7-5-12)16-18-15-10-8-14(17-2)9-11-15/h4-11,16H,3H2,1-2H3. The fraction of sp³-hybridized carbons (Fsp3) is 0.200. The number of hydrogen-bond acceptors (Lipinski definition) is 3. The molecule has 0 aliphatic heterocycles. The number of aryl methyl sites for hydroxylation is 1. The third-order valence-corrected chi connectivity index (χ3v) is 3.55. The molecule has 2 nitrogen and oxygen atoms in total. The van der Waals surface area contributed by atoms with E-state index in [1.165, 1.54) is 5.56 Å². The van der Waals surface area contributed by atoms with Gasteiger partial charge in [-0.2, -0.15) is 0 Å². The summed E-state index contributed by atoms with van der Waals surface area (Å²) >= 11 is 1.60. The lowest BCUT2D eigenvalue weighted by atomic mass is 10.2. The highest BCUT2D eigenvalue weighted by molar-refractivity contribution is 8.00. The molecule has 94 valence electrons. The molecule has 0 saturated heterocycles. The van der Waals surface area contributed by atoms with Crippen LogP contribution in [0.3, 0.4) is 0 Å². The Morgan fingerprint density at radius 2 is 1.67 bits per heavy atom. The molecule has 0 aliphatic rings. The average Bonchev–Trinajstić information content (AvgIpc) is 2.46. The maximum atomic E-state index is 5.13. The molecular weight excluding hydrogens is 242 g/mol. The van der Waals surface area contributed by atoms with Crippen LogP contribution in [0.25, 0.3) is 0 Å². The summed E-state index contributed by atoms with van der Waals surface area (Å²) in [7, 11) is 1.68. The fourth-order valence-electron chi connectivity index (χ4n) is 1.57. The lowest BCUT2D eigenvalue weighted by Gasteiger charge is -2.06. The van der Waals surface area contributed by atoms with Crippen molar-refractivity contribution in [3.63, 3.8) is 0 Å². The molecule has 0 fully saturated rings. The van der Waals surface area contributed by atoms with Crippen molar-refractivity contribution in [3.8, 4) is 5.75 Å². The Labute approximate surface area is 113 Å². The summed E-state index contributed by atoms with van der Waals surface area (Å²) < 4.78 is 8.45. The van der Waals surface area contributed by atoms with E-state index in [-0.39, 0.29) is 0 Å². The normalized spacial score (nSPS) is 10.1. The van der Waals surface area contributed by atoms with Crippen molar-refractivity contribution < 1.29 is 4.74 Å². The van der Waals surface area contributed by atoms with Gasteiger partial charge in [0.2, 0.25) is 0 Å². The minimum atomic E-state index is 0.881. The maximum absolute atomic E-state index is 5.13. The molecule has 0 heterocycles. The Morgan fingerprint density at radius 1 is 1.00 bits per heavy atom. The number of hydrogen-bond donors (Lipinski definition) is 1. The van der Waals surface area contributed by atoms with Crippen LogP contribution < -0.4 is 9.46 Å². The summed E-state index contributed by atoms with van der Waals surface area (Å²) in [4.78, 5) is 1.16. The molecule has 0 atom stereocenters. The highest BCUT2D eigenvalue weighted by Gasteiger charge is 1.97. The van der Waals surface area contributed by atoms with Crippen LogP contribution in [-0.4, -0.2) is 7.11 Å². The predicted molar refractivity (Wildman–Crippen MR) is 78.3 cm³/mol. The quantitative estimate of drug-likeness (QED) is 0.805. The van der Waals surface area contributed by atoms with Crippen molar-refractivity contribution in [3.05, 3.63) is 54.1 Å². The number of methoxy groups -OCH3 is 1. The number of benzene rings is 2. The Bertz CT molecular complexity index is 431. The van der Waals surface area contributed by atoms with Crippen LogP contribution in [0.2, 0.25) is 0 Å². The second kappa shape index (κ2) is 6.36. The van der Waals surface area contributed by atoms with E-state index in [1.54, 1.807) is 19.1 Å². The van der Waals surface area contributed by atoms with Gasteiger partial charge in [-0.05, 0) is 60.3 Å². The van der Waals surface area contributed by atoms with Gasteiger partial charge in [-0.15, -0.1) is 0 Å². The van der Waals surface area contributed by atoms with Gasteiger partial charge in [0.1, 0.15) is 5.75 Å². The number of anilines is 1. The van der Waals surface area contributed by atoms with Gasteiger partial charge in [0.15, 0.2) is 0 Å². The first-order valence-electron chi connectivity index (χ1n) is 5.97. The topological polar surface area (TPSA) is 21.3 Å². The van der Waals surface area contributed by atoms with E-state index < -0.39 is 0 Å². The first-order valence-corrected chi connectivity index (χ1v) is 6.79. The summed E-state index contributed by atoms with van der Waals surface area (Å²) in [6.45, 7) is 2.16. The zero-order chi connectivity index (χ0) is 12.8. The summed E-state index contributed by atoms with van der Waals surface area (Å²) in [5, 5.41) is 0. The number of nitrogens with one attached hydrogen (secondary N) is 1. The van der Waals surface area contributed by atoms with Crippen molar-refractivity contribution >= 4 is 17.6 Å². The summed E-state index contributed by atoms with van der Waals surface area (Å²) in [6, 6.07) is 16.5. The predicted octanol–water partition coefficient (Wildman–Crippen LogP) is 4.38. The maximum Gasteiger partial charge on any atom is 0.118 e. The molecule has 1 N–H and O–H groups in total. The van der Waals surface area contributed by atoms with Crippen molar-refractivity contribution in [1.82, 2.24) is 0 Å². The molecule has 2 rings (SSSR count). The second-order valence-corrected chi connectivity index (χ2v) is 4.81. The van der Waals surface area contributed by atoms with E-state index in [0.717, 1.165) is 22.8 Å².